The van der Waals surface area contributed by atoms with E-state index in [1.807, 2.05) is 0 Å². The fourth-order valence-corrected chi connectivity index (χ4v) is 1.65. The predicted molar refractivity (Wildman–Crippen MR) is 32.5 cm³/mol. The van der Waals surface area contributed by atoms with Gasteiger partial charge in [0.05, 0.1) is 0 Å². The van der Waals surface area contributed by atoms with Crippen LogP contribution in [0, 0.1) is 0 Å². The minimum atomic E-state index is 0.719. The van der Waals surface area contributed by atoms with E-state index in [0.29, 0.717) is 0 Å². The van der Waals surface area contributed by atoms with Crippen LogP contribution in [0.2, 0.25) is 10.2 Å². The van der Waals surface area contributed by atoms with Gasteiger partial charge in [-0.3, -0.25) is 0 Å². The minimum absolute atomic E-state index is 0.719. The van der Waals surface area contributed by atoms with Crippen LogP contribution in [0.3, 0.4) is 0 Å². The van der Waals surface area contributed by atoms with Crippen LogP contribution in [0.1, 0.15) is 6.92 Å². The van der Waals surface area contributed by atoms with Crippen molar-refractivity contribution in [2.75, 3.05) is 0 Å². The molecule has 1 rings (SSSR count). The van der Waals surface area contributed by atoms with E-state index >= 15 is 0 Å². The quantitative estimate of drug-likeness (QED) is 0.571. The van der Waals surface area contributed by atoms with Gasteiger partial charge in [-0.25, -0.2) is 0 Å². The summed E-state index contributed by atoms with van der Waals surface area (Å²) >= 11 is 1.56. The summed E-state index contributed by atoms with van der Waals surface area (Å²) in [4.78, 5) is 0.719. The Labute approximate surface area is 56.7 Å². The number of rotatable bonds is 2. The molecule has 0 aromatic heterocycles. The molecule has 0 aromatic rings. The Morgan fingerprint density at radius 3 is 2.50 bits per heavy atom. The summed E-state index contributed by atoms with van der Waals surface area (Å²) in [5, 5.41) is 1.26. The van der Waals surface area contributed by atoms with Crippen molar-refractivity contribution in [1.82, 2.24) is 0 Å². The van der Waals surface area contributed by atoms with E-state index in [9.17, 15) is 0 Å². The third-order valence-corrected chi connectivity index (χ3v) is 2.29. The van der Waals surface area contributed by atoms with Crippen LogP contribution in [-0.4, -0.2) is 0 Å². The van der Waals surface area contributed by atoms with Crippen LogP contribution in [-0.2, 0) is 14.7 Å². The van der Waals surface area contributed by atoms with Crippen molar-refractivity contribution >= 4 is 0 Å². The molecule has 0 nitrogen and oxygen atoms in total. The third-order valence-electron chi connectivity index (χ3n) is 0.977. The fourth-order valence-electron chi connectivity index (χ4n) is 0.643. The molecular formula is C7H10Co. The van der Waals surface area contributed by atoms with Gasteiger partial charge in [0.1, 0.15) is 0 Å². The van der Waals surface area contributed by atoms with Gasteiger partial charge >= 0.3 is 56.1 Å². The average molecular weight is 153 g/mol. The molecule has 0 heterocycles. The van der Waals surface area contributed by atoms with Crippen molar-refractivity contribution in [2.45, 2.75) is 17.1 Å². The average Bonchev–Trinajstić information content (AvgIpc) is 2.19. The van der Waals surface area contributed by atoms with Gasteiger partial charge in [-0.05, 0) is 0 Å². The van der Waals surface area contributed by atoms with E-state index in [1.54, 1.807) is 14.7 Å². The molecular weight excluding hydrogens is 143 g/mol. The van der Waals surface area contributed by atoms with Gasteiger partial charge in [-0.1, -0.05) is 0 Å². The van der Waals surface area contributed by atoms with Gasteiger partial charge in [0.2, 0.25) is 0 Å². The summed E-state index contributed by atoms with van der Waals surface area (Å²) in [5.74, 6) is 0. The summed E-state index contributed by atoms with van der Waals surface area (Å²) in [7, 11) is 0. The molecule has 0 fully saturated rings. The maximum absolute atomic E-state index is 2.24. The van der Waals surface area contributed by atoms with Crippen LogP contribution in [0.25, 0.3) is 0 Å². The Morgan fingerprint density at radius 2 is 2.00 bits per heavy atom. The van der Waals surface area contributed by atoms with E-state index < -0.39 is 0 Å². The molecule has 47 valence electrons. The first kappa shape index (κ1) is 6.11. The topological polar surface area (TPSA) is 0 Å². The second-order valence-electron chi connectivity index (χ2n) is 1.56. The Morgan fingerprint density at radius 1 is 1.38 bits per heavy atom. The summed E-state index contributed by atoms with van der Waals surface area (Å²) in [5.41, 5.74) is 0. The van der Waals surface area contributed by atoms with E-state index in [2.05, 4.69) is 31.2 Å². The van der Waals surface area contributed by atoms with Crippen LogP contribution in [0.15, 0.2) is 24.3 Å². The van der Waals surface area contributed by atoms with Crippen LogP contribution >= 0.6 is 0 Å². The molecule has 0 spiro atoms. The zero-order valence-corrected chi connectivity index (χ0v) is 5.97. The summed E-state index contributed by atoms with van der Waals surface area (Å²) in [6.45, 7) is 2.21. The van der Waals surface area contributed by atoms with Crippen LogP contribution < -0.4 is 0 Å². The Bertz CT molecular complexity index is 102. The van der Waals surface area contributed by atoms with Gasteiger partial charge in [0.15, 0.2) is 0 Å². The first-order chi connectivity index (χ1) is 3.93. The summed E-state index contributed by atoms with van der Waals surface area (Å²) in [6.07, 6.45) is 8.71. The van der Waals surface area contributed by atoms with Crippen molar-refractivity contribution in [1.29, 1.82) is 0 Å². The SMILES string of the molecule is C[CH2][Co][CH]1C=CC=C1. The molecule has 0 aliphatic heterocycles. The van der Waals surface area contributed by atoms with E-state index in [1.165, 1.54) is 5.36 Å². The Hall–Kier alpha value is -0.0135. The van der Waals surface area contributed by atoms with E-state index in [-0.39, 0.29) is 0 Å². The molecule has 1 aliphatic rings. The maximum atomic E-state index is 2.24. The van der Waals surface area contributed by atoms with Crippen molar-refractivity contribution in [3.8, 4) is 0 Å². The van der Waals surface area contributed by atoms with Crippen LogP contribution in [0.5, 0.6) is 0 Å². The monoisotopic (exact) mass is 153 g/mol. The van der Waals surface area contributed by atoms with Gasteiger partial charge in [0.25, 0.3) is 0 Å². The Kier molecular flexibility index (Phi) is 2.37. The molecule has 0 N–H and O–H groups in total. The molecule has 0 saturated heterocycles. The van der Waals surface area contributed by atoms with Crippen molar-refractivity contribution < 1.29 is 14.7 Å². The van der Waals surface area contributed by atoms with Gasteiger partial charge in [0, 0.05) is 0 Å². The second-order valence-corrected chi connectivity index (χ2v) is 3.41. The summed E-state index contributed by atoms with van der Waals surface area (Å²) in [6, 6.07) is 0. The molecule has 0 atom stereocenters. The summed E-state index contributed by atoms with van der Waals surface area (Å²) < 4.78 is 0. The number of hydrogen-bond donors (Lipinski definition) is 0. The molecule has 0 saturated carbocycles. The van der Waals surface area contributed by atoms with Crippen molar-refractivity contribution in [3.63, 3.8) is 0 Å². The first-order valence-corrected chi connectivity index (χ1v) is 4.14. The standard InChI is InChI=1S/C5H5.C2H5.Co/c1-2-4-5-3-1;1-2;/h1-5H;1H2,2H3;. The van der Waals surface area contributed by atoms with Crippen LogP contribution in [0.4, 0.5) is 0 Å². The van der Waals surface area contributed by atoms with Gasteiger partial charge in [-0.2, -0.15) is 0 Å². The van der Waals surface area contributed by atoms with Crippen molar-refractivity contribution in [3.05, 3.63) is 24.3 Å². The first-order valence-electron chi connectivity index (χ1n) is 2.80. The molecule has 0 unspecified atom stereocenters. The number of allylic oxidation sites excluding steroid dienone is 4. The zero-order chi connectivity index (χ0) is 5.82. The normalized spacial score (nSPS) is 18.6. The molecule has 0 bridgehead atoms. The third kappa shape index (κ3) is 1.49. The van der Waals surface area contributed by atoms with Crippen molar-refractivity contribution in [2.24, 2.45) is 0 Å². The molecule has 1 heteroatoms. The molecule has 0 radical (unpaired) electrons. The number of hydrogen-bond acceptors (Lipinski definition) is 0. The van der Waals surface area contributed by atoms with Gasteiger partial charge < -0.3 is 0 Å². The van der Waals surface area contributed by atoms with E-state index in [4.69, 9.17) is 0 Å². The molecule has 1 aliphatic carbocycles. The second kappa shape index (κ2) is 3.10. The molecule has 8 heavy (non-hydrogen) atoms. The predicted octanol–water partition coefficient (Wildman–Crippen LogP) is 2.42. The fraction of sp³-hybridized carbons (Fsp3) is 0.429. The zero-order valence-electron chi connectivity index (χ0n) is 4.93. The molecule has 0 aromatic carbocycles. The van der Waals surface area contributed by atoms with E-state index in [0.717, 1.165) is 4.85 Å². The molecule has 0 amide bonds. The van der Waals surface area contributed by atoms with Gasteiger partial charge in [-0.15, -0.1) is 0 Å². The Balaban J connectivity index is 2.27.